The number of rotatable bonds is 6. The fraction of sp³-hybridized carbons (Fsp3) is 0.0357. The number of nitrogens with zero attached hydrogens (tertiary/aromatic N) is 2. The highest BCUT2D eigenvalue weighted by Crippen LogP contribution is 2.45. The zero-order valence-corrected chi connectivity index (χ0v) is 34.0. The quantitative estimate of drug-likeness (QED) is 0.124. The molecule has 3 heteroatoms. The van der Waals surface area contributed by atoms with Crippen LogP contribution in [0.5, 0.6) is 0 Å². The zero-order chi connectivity index (χ0) is 39.5. The highest BCUT2D eigenvalue weighted by atomic mass is 28.3. The first-order valence-electron chi connectivity index (χ1n) is 20.4. The molecule has 2 nitrogen and oxygen atoms in total. The third kappa shape index (κ3) is 5.93. The smallest absolute Gasteiger partial charge is 0.160 e. The zero-order valence-electron chi connectivity index (χ0n) is 33.0. The maximum absolute atomic E-state index is 5.50. The molecule has 0 bridgehead atoms. The van der Waals surface area contributed by atoms with Crippen LogP contribution in [0.1, 0.15) is 0 Å². The summed E-state index contributed by atoms with van der Waals surface area (Å²) in [6.07, 6.45) is 0. The highest BCUT2D eigenvalue weighted by molar-refractivity contribution is 7.03. The van der Waals surface area contributed by atoms with Crippen LogP contribution in [0.4, 0.5) is 0 Å². The molecule has 278 valence electrons. The monoisotopic (exact) mass is 768 g/mol. The van der Waals surface area contributed by atoms with Crippen LogP contribution in [-0.4, -0.2) is 18.0 Å². The summed E-state index contributed by atoms with van der Waals surface area (Å²) in [5, 5.41) is 7.80. The normalized spacial score (nSPS) is 12.7. The minimum atomic E-state index is -1.79. The van der Waals surface area contributed by atoms with Gasteiger partial charge in [-0.15, -0.1) is 0 Å². The fourth-order valence-corrected chi connectivity index (χ4v) is 12.5. The second-order valence-electron chi connectivity index (χ2n) is 16.1. The van der Waals surface area contributed by atoms with Gasteiger partial charge >= 0.3 is 0 Å². The molecule has 0 atom stereocenters. The van der Waals surface area contributed by atoms with E-state index < -0.39 is 8.07 Å². The van der Waals surface area contributed by atoms with Gasteiger partial charge in [-0.3, -0.25) is 0 Å². The van der Waals surface area contributed by atoms with Gasteiger partial charge in [0, 0.05) is 16.7 Å². The lowest BCUT2D eigenvalue weighted by molar-refractivity contribution is 1.19. The lowest BCUT2D eigenvalue weighted by Crippen LogP contribution is -2.49. The Kier molecular flexibility index (Phi) is 8.31. The molecule has 0 radical (unpaired) electrons. The maximum Gasteiger partial charge on any atom is 0.160 e. The largest absolute Gasteiger partial charge is 0.228 e. The molecule has 0 N–H and O–H groups in total. The van der Waals surface area contributed by atoms with Crippen LogP contribution < -0.4 is 10.4 Å². The summed E-state index contributed by atoms with van der Waals surface area (Å²) in [6.45, 7) is 4.97. The Hall–Kier alpha value is -7.20. The van der Waals surface area contributed by atoms with Crippen molar-refractivity contribution in [2.45, 2.75) is 13.1 Å². The molecule has 0 saturated carbocycles. The Labute approximate surface area is 346 Å². The van der Waals surface area contributed by atoms with Gasteiger partial charge in [0.25, 0.3) is 0 Å². The van der Waals surface area contributed by atoms with Gasteiger partial charge in [-0.05, 0) is 101 Å². The van der Waals surface area contributed by atoms with Gasteiger partial charge in [-0.25, -0.2) is 9.97 Å². The molecule has 9 aromatic carbocycles. The van der Waals surface area contributed by atoms with Crippen molar-refractivity contribution in [2.24, 2.45) is 0 Å². The molecule has 11 rings (SSSR count). The van der Waals surface area contributed by atoms with E-state index in [2.05, 4.69) is 219 Å². The van der Waals surface area contributed by atoms with E-state index in [1.807, 2.05) is 0 Å². The Bertz CT molecular complexity index is 3080. The predicted octanol–water partition coefficient (Wildman–Crippen LogP) is 13.6. The van der Waals surface area contributed by atoms with E-state index in [0.29, 0.717) is 5.82 Å². The van der Waals surface area contributed by atoms with Crippen LogP contribution in [0, 0.1) is 0 Å². The van der Waals surface area contributed by atoms with Crippen LogP contribution in [0.15, 0.2) is 206 Å². The minimum Gasteiger partial charge on any atom is -0.228 e. The van der Waals surface area contributed by atoms with Crippen molar-refractivity contribution in [3.05, 3.63) is 206 Å². The SMILES string of the molecule is C[Si]1(C)c2ccccc2-c2cc(-c3c4ccccc4c(-c4cc(-c5cccc(-c6ccccc6)c5)nc(-c5cccc(-c6ccccc6)c5)n4)c4ccccc34)ccc21. The van der Waals surface area contributed by atoms with Crippen LogP contribution in [0.25, 0.3) is 100.0 Å². The van der Waals surface area contributed by atoms with Crippen LogP contribution in [-0.2, 0) is 0 Å². The molecule has 0 fully saturated rings. The van der Waals surface area contributed by atoms with E-state index >= 15 is 0 Å². The summed E-state index contributed by atoms with van der Waals surface area (Å²) in [5.41, 5.74) is 14.8. The van der Waals surface area contributed by atoms with Gasteiger partial charge < -0.3 is 0 Å². The Morgan fingerprint density at radius 2 is 0.780 bits per heavy atom. The molecule has 0 saturated heterocycles. The van der Waals surface area contributed by atoms with Gasteiger partial charge in [0.15, 0.2) is 5.82 Å². The molecule has 10 aromatic rings. The van der Waals surface area contributed by atoms with Crippen molar-refractivity contribution in [1.82, 2.24) is 9.97 Å². The van der Waals surface area contributed by atoms with Crippen LogP contribution >= 0.6 is 0 Å². The lowest BCUT2D eigenvalue weighted by atomic mass is 9.86. The molecule has 1 aromatic heterocycles. The summed E-state index contributed by atoms with van der Waals surface area (Å²) in [5.74, 6) is 0.696. The summed E-state index contributed by atoms with van der Waals surface area (Å²) >= 11 is 0. The van der Waals surface area contributed by atoms with Crippen molar-refractivity contribution in [2.75, 3.05) is 0 Å². The number of benzene rings is 9. The summed E-state index contributed by atoms with van der Waals surface area (Å²) in [7, 11) is -1.79. The Morgan fingerprint density at radius 3 is 1.42 bits per heavy atom. The third-order valence-corrected chi connectivity index (χ3v) is 15.8. The van der Waals surface area contributed by atoms with E-state index in [9.17, 15) is 0 Å². The second kappa shape index (κ2) is 14.0. The van der Waals surface area contributed by atoms with Crippen molar-refractivity contribution in [3.8, 4) is 78.4 Å². The lowest BCUT2D eigenvalue weighted by Gasteiger charge is -2.20. The van der Waals surface area contributed by atoms with Crippen molar-refractivity contribution >= 4 is 40.0 Å². The van der Waals surface area contributed by atoms with E-state index in [1.165, 1.54) is 59.7 Å². The van der Waals surface area contributed by atoms with Gasteiger partial charge in [-0.1, -0.05) is 195 Å². The fourth-order valence-electron chi connectivity index (χ4n) is 9.40. The van der Waals surface area contributed by atoms with Gasteiger partial charge in [0.1, 0.15) is 8.07 Å². The van der Waals surface area contributed by atoms with Gasteiger partial charge in [-0.2, -0.15) is 0 Å². The number of hydrogen-bond acceptors (Lipinski definition) is 2. The molecule has 1 aliphatic rings. The van der Waals surface area contributed by atoms with Gasteiger partial charge in [0.2, 0.25) is 0 Å². The van der Waals surface area contributed by atoms with Crippen LogP contribution in [0.2, 0.25) is 13.1 Å². The minimum absolute atomic E-state index is 0.696. The van der Waals surface area contributed by atoms with E-state index in [0.717, 1.165) is 44.8 Å². The maximum atomic E-state index is 5.50. The first-order chi connectivity index (χ1) is 29.0. The molecule has 0 spiro atoms. The molecule has 0 aliphatic carbocycles. The molecule has 2 heterocycles. The summed E-state index contributed by atoms with van der Waals surface area (Å²) in [4.78, 5) is 10.8. The predicted molar refractivity (Wildman–Crippen MR) is 252 cm³/mol. The number of hydrogen-bond donors (Lipinski definition) is 0. The Morgan fingerprint density at radius 1 is 0.305 bits per heavy atom. The molecule has 0 unspecified atom stereocenters. The van der Waals surface area contributed by atoms with Crippen molar-refractivity contribution in [1.29, 1.82) is 0 Å². The van der Waals surface area contributed by atoms with Crippen molar-refractivity contribution < 1.29 is 0 Å². The first kappa shape index (κ1) is 35.0. The molecular weight excluding hydrogens is 729 g/mol. The van der Waals surface area contributed by atoms with E-state index in [4.69, 9.17) is 9.97 Å². The average Bonchev–Trinajstić information content (AvgIpc) is 3.53. The number of fused-ring (bicyclic) bond motifs is 5. The van der Waals surface area contributed by atoms with E-state index in [1.54, 1.807) is 0 Å². The highest BCUT2D eigenvalue weighted by Gasteiger charge is 2.37. The second-order valence-corrected chi connectivity index (χ2v) is 20.5. The van der Waals surface area contributed by atoms with Crippen LogP contribution in [0.3, 0.4) is 0 Å². The van der Waals surface area contributed by atoms with E-state index in [-0.39, 0.29) is 0 Å². The molecule has 1 aliphatic heterocycles. The third-order valence-electron chi connectivity index (χ3n) is 12.3. The number of aromatic nitrogens is 2. The molecule has 59 heavy (non-hydrogen) atoms. The molecular formula is C56H40N2Si. The summed E-state index contributed by atoms with van der Waals surface area (Å²) in [6, 6.07) is 74.7. The molecule has 0 amide bonds. The van der Waals surface area contributed by atoms with Crippen molar-refractivity contribution in [3.63, 3.8) is 0 Å². The topological polar surface area (TPSA) is 25.8 Å². The average molecular weight is 769 g/mol. The summed E-state index contributed by atoms with van der Waals surface area (Å²) < 4.78 is 0. The van der Waals surface area contributed by atoms with Gasteiger partial charge in [0.05, 0.1) is 11.4 Å². The first-order valence-corrected chi connectivity index (χ1v) is 23.4. The Balaban J connectivity index is 1.16. The standard InChI is InChI=1S/C56H40N2Si/c1-59(2)52-30-14-13-25-44(52)49-35-42(31-32-53(49)59)54-45-26-9-11-28-47(45)55(48-29-12-10-27-46(48)54)51-36-50(41-23-15-21-39(33-41)37-17-5-3-6-18-37)57-56(58-51)43-24-16-22-40(34-43)38-19-7-4-8-20-38/h3-36H,1-2H3.